The Kier molecular flexibility index (Phi) is 4.30. The molecule has 0 spiro atoms. The summed E-state index contributed by atoms with van der Waals surface area (Å²) >= 11 is 0. The van der Waals surface area contributed by atoms with Gasteiger partial charge in [0.05, 0.1) is 12.2 Å². The average molecular weight is 316 g/mol. The monoisotopic (exact) mass is 316 g/mol. The van der Waals surface area contributed by atoms with E-state index >= 15 is 0 Å². The molecular formula is C16H24N6O. The lowest BCUT2D eigenvalue weighted by Crippen LogP contribution is -2.46. The zero-order chi connectivity index (χ0) is 16.4. The Bertz CT molecular complexity index is 637. The second-order valence-corrected chi connectivity index (χ2v) is 7.03. The van der Waals surface area contributed by atoms with Crippen LogP contribution in [0.3, 0.4) is 0 Å². The van der Waals surface area contributed by atoms with Gasteiger partial charge in [0.25, 0.3) is 0 Å². The highest BCUT2D eigenvalue weighted by atomic mass is 16.5. The van der Waals surface area contributed by atoms with Gasteiger partial charge in [-0.25, -0.2) is 0 Å². The molecule has 1 fully saturated rings. The zero-order valence-electron chi connectivity index (χ0n) is 14.3. The summed E-state index contributed by atoms with van der Waals surface area (Å²) in [7, 11) is 0. The van der Waals surface area contributed by atoms with E-state index in [1.807, 2.05) is 6.92 Å². The summed E-state index contributed by atoms with van der Waals surface area (Å²) in [6.45, 7) is 12.7. The molecule has 0 atom stereocenters. The molecule has 0 N–H and O–H groups in total. The third-order valence-electron chi connectivity index (χ3n) is 4.04. The predicted octanol–water partition coefficient (Wildman–Crippen LogP) is 1.79. The maximum atomic E-state index is 5.18. The van der Waals surface area contributed by atoms with Crippen LogP contribution in [-0.2, 0) is 12.0 Å². The molecule has 2 aromatic heterocycles. The van der Waals surface area contributed by atoms with E-state index in [1.54, 1.807) is 0 Å². The van der Waals surface area contributed by atoms with Gasteiger partial charge in [-0.2, -0.15) is 10.1 Å². The minimum absolute atomic E-state index is 0.0342. The molecule has 7 nitrogen and oxygen atoms in total. The maximum absolute atomic E-state index is 5.18. The Morgan fingerprint density at radius 3 is 2.35 bits per heavy atom. The molecule has 2 aromatic rings. The highest BCUT2D eigenvalue weighted by molar-refractivity contribution is 5.38. The van der Waals surface area contributed by atoms with E-state index in [0.29, 0.717) is 18.3 Å². The number of piperazine rings is 1. The Labute approximate surface area is 136 Å². The average Bonchev–Trinajstić information content (AvgIpc) is 2.92. The van der Waals surface area contributed by atoms with Gasteiger partial charge in [-0.3, -0.25) is 4.90 Å². The van der Waals surface area contributed by atoms with E-state index in [0.717, 1.165) is 37.7 Å². The third kappa shape index (κ3) is 3.85. The van der Waals surface area contributed by atoms with E-state index in [1.165, 1.54) is 0 Å². The summed E-state index contributed by atoms with van der Waals surface area (Å²) in [6.07, 6.45) is 0. The lowest BCUT2D eigenvalue weighted by Gasteiger charge is -2.34. The molecular weight excluding hydrogens is 292 g/mol. The van der Waals surface area contributed by atoms with Crippen molar-refractivity contribution in [3.8, 4) is 0 Å². The van der Waals surface area contributed by atoms with E-state index in [4.69, 9.17) is 4.52 Å². The molecule has 23 heavy (non-hydrogen) atoms. The van der Waals surface area contributed by atoms with Crippen molar-refractivity contribution in [3.63, 3.8) is 0 Å². The molecule has 0 aromatic carbocycles. The van der Waals surface area contributed by atoms with Crippen LogP contribution in [0.2, 0.25) is 0 Å². The lowest BCUT2D eigenvalue weighted by molar-refractivity contribution is 0.215. The van der Waals surface area contributed by atoms with Gasteiger partial charge in [0.15, 0.2) is 11.6 Å². The van der Waals surface area contributed by atoms with Gasteiger partial charge in [0.1, 0.15) is 0 Å². The van der Waals surface area contributed by atoms with Crippen LogP contribution in [0.15, 0.2) is 16.7 Å². The van der Waals surface area contributed by atoms with E-state index in [9.17, 15) is 0 Å². The molecule has 1 aliphatic heterocycles. The molecule has 0 bridgehead atoms. The highest BCUT2D eigenvalue weighted by Gasteiger charge is 2.21. The number of anilines is 1. The van der Waals surface area contributed by atoms with Gasteiger partial charge < -0.3 is 9.42 Å². The SMILES string of the molecule is Cc1noc(CN2CCN(c3ccc(C(C)(C)C)nn3)CC2)n1. The number of aromatic nitrogens is 4. The van der Waals surface area contributed by atoms with E-state index < -0.39 is 0 Å². The normalized spacial score (nSPS) is 16.8. The van der Waals surface area contributed by atoms with Crippen molar-refractivity contribution in [1.29, 1.82) is 0 Å². The van der Waals surface area contributed by atoms with Gasteiger partial charge in [0.2, 0.25) is 5.89 Å². The fraction of sp³-hybridized carbons (Fsp3) is 0.625. The first-order valence-corrected chi connectivity index (χ1v) is 8.02. The molecule has 0 aliphatic carbocycles. The number of rotatable bonds is 3. The van der Waals surface area contributed by atoms with Gasteiger partial charge in [-0.05, 0) is 19.1 Å². The van der Waals surface area contributed by atoms with Crippen LogP contribution in [0.5, 0.6) is 0 Å². The first kappa shape index (κ1) is 15.9. The van der Waals surface area contributed by atoms with E-state index in [2.05, 4.69) is 63.0 Å². The number of hydrogen-bond donors (Lipinski definition) is 0. The molecule has 124 valence electrons. The maximum Gasteiger partial charge on any atom is 0.240 e. The fourth-order valence-corrected chi connectivity index (χ4v) is 2.62. The molecule has 1 aliphatic rings. The highest BCUT2D eigenvalue weighted by Crippen LogP contribution is 2.21. The number of aryl methyl sites for hydroxylation is 1. The van der Waals surface area contributed by atoms with Crippen LogP contribution < -0.4 is 4.90 Å². The minimum atomic E-state index is 0.0342. The Morgan fingerprint density at radius 2 is 1.83 bits per heavy atom. The third-order valence-corrected chi connectivity index (χ3v) is 4.04. The van der Waals surface area contributed by atoms with Crippen LogP contribution in [0.25, 0.3) is 0 Å². The minimum Gasteiger partial charge on any atom is -0.353 e. The Hall–Kier alpha value is -2.02. The quantitative estimate of drug-likeness (QED) is 0.855. The van der Waals surface area contributed by atoms with Crippen LogP contribution in [0.1, 0.15) is 38.2 Å². The van der Waals surface area contributed by atoms with E-state index in [-0.39, 0.29) is 5.41 Å². The molecule has 7 heteroatoms. The molecule has 0 radical (unpaired) electrons. The number of hydrogen-bond acceptors (Lipinski definition) is 7. The van der Waals surface area contributed by atoms with Crippen LogP contribution in [0, 0.1) is 6.92 Å². The second-order valence-electron chi connectivity index (χ2n) is 7.03. The summed E-state index contributed by atoms with van der Waals surface area (Å²) in [5, 5.41) is 12.6. The molecule has 0 saturated carbocycles. The topological polar surface area (TPSA) is 71.2 Å². The molecule has 3 heterocycles. The molecule has 0 unspecified atom stereocenters. The molecule has 0 amide bonds. The standard InChI is InChI=1S/C16H24N6O/c1-12-17-15(23-20-12)11-21-7-9-22(10-8-21)14-6-5-13(18-19-14)16(2,3)4/h5-6H,7-11H2,1-4H3. The predicted molar refractivity (Wildman–Crippen MR) is 87.3 cm³/mol. The summed E-state index contributed by atoms with van der Waals surface area (Å²) < 4.78 is 5.18. The van der Waals surface area contributed by atoms with Crippen molar-refractivity contribution in [1.82, 2.24) is 25.2 Å². The zero-order valence-corrected chi connectivity index (χ0v) is 14.3. The summed E-state index contributed by atoms with van der Waals surface area (Å²) in [6, 6.07) is 4.15. The first-order chi connectivity index (χ1) is 10.9. The Balaban J connectivity index is 1.56. The van der Waals surface area contributed by atoms with Crippen molar-refractivity contribution in [2.24, 2.45) is 0 Å². The largest absolute Gasteiger partial charge is 0.353 e. The smallest absolute Gasteiger partial charge is 0.240 e. The number of nitrogens with zero attached hydrogens (tertiary/aromatic N) is 6. The van der Waals surface area contributed by atoms with Crippen LogP contribution in [0.4, 0.5) is 5.82 Å². The second kappa shape index (κ2) is 6.23. The summed E-state index contributed by atoms with van der Waals surface area (Å²) in [5.41, 5.74) is 1.05. The van der Waals surface area contributed by atoms with Crippen molar-refractivity contribution in [2.75, 3.05) is 31.1 Å². The Morgan fingerprint density at radius 1 is 1.09 bits per heavy atom. The summed E-state index contributed by atoms with van der Waals surface area (Å²) in [4.78, 5) is 8.85. The van der Waals surface area contributed by atoms with Crippen LogP contribution >= 0.6 is 0 Å². The van der Waals surface area contributed by atoms with Crippen molar-refractivity contribution < 1.29 is 4.52 Å². The van der Waals surface area contributed by atoms with Gasteiger partial charge >= 0.3 is 0 Å². The van der Waals surface area contributed by atoms with Gasteiger partial charge in [-0.1, -0.05) is 25.9 Å². The lowest BCUT2D eigenvalue weighted by atomic mass is 9.92. The van der Waals surface area contributed by atoms with Gasteiger partial charge in [-0.15, -0.1) is 5.10 Å². The summed E-state index contributed by atoms with van der Waals surface area (Å²) in [5.74, 6) is 2.32. The van der Waals surface area contributed by atoms with Crippen LogP contribution in [-0.4, -0.2) is 51.4 Å². The van der Waals surface area contributed by atoms with Crippen molar-refractivity contribution in [2.45, 2.75) is 39.7 Å². The first-order valence-electron chi connectivity index (χ1n) is 8.02. The van der Waals surface area contributed by atoms with Crippen molar-refractivity contribution >= 4 is 5.82 Å². The molecule has 1 saturated heterocycles. The van der Waals surface area contributed by atoms with Crippen molar-refractivity contribution in [3.05, 3.63) is 29.5 Å². The molecule has 3 rings (SSSR count). The fourth-order valence-electron chi connectivity index (χ4n) is 2.62. The van der Waals surface area contributed by atoms with Gasteiger partial charge in [0, 0.05) is 31.6 Å².